The highest BCUT2D eigenvalue weighted by Gasteiger charge is 2.19. The van der Waals surface area contributed by atoms with Crippen LogP contribution in [0, 0.1) is 6.92 Å². The van der Waals surface area contributed by atoms with Crippen molar-refractivity contribution in [3.05, 3.63) is 52.5 Å². The van der Waals surface area contributed by atoms with E-state index in [2.05, 4.69) is 29.0 Å². The molecule has 2 aromatic rings. The fourth-order valence-corrected chi connectivity index (χ4v) is 3.53. The minimum absolute atomic E-state index is 0.257. The van der Waals surface area contributed by atoms with Crippen molar-refractivity contribution in [2.75, 3.05) is 48.7 Å². The van der Waals surface area contributed by atoms with Gasteiger partial charge in [-0.2, -0.15) is 0 Å². The van der Waals surface area contributed by atoms with Crippen LogP contribution in [-0.2, 0) is 0 Å². The third kappa shape index (κ3) is 3.94. The Hall–Kier alpha value is -2.24. The van der Waals surface area contributed by atoms with Crippen LogP contribution in [0.25, 0.3) is 0 Å². The number of piperazine rings is 1. The number of nitrogens with two attached hydrogens (primary N) is 1. The molecule has 1 fully saturated rings. The van der Waals surface area contributed by atoms with Crippen molar-refractivity contribution in [2.24, 2.45) is 0 Å². The molecule has 1 amide bonds. The third-order valence-corrected chi connectivity index (χ3v) is 5.22. The Kier molecular flexibility index (Phi) is 5.69. The summed E-state index contributed by atoms with van der Waals surface area (Å²) in [6, 6.07) is 10.9. The zero-order valence-electron chi connectivity index (χ0n) is 15.3. The highest BCUT2D eigenvalue weighted by molar-refractivity contribution is 6.34. The summed E-state index contributed by atoms with van der Waals surface area (Å²) in [5.74, 6) is -0.257. The molecule has 0 unspecified atom stereocenters. The minimum atomic E-state index is -0.257. The normalized spacial score (nSPS) is 15.1. The lowest BCUT2D eigenvalue weighted by Gasteiger charge is -2.36. The van der Waals surface area contributed by atoms with Crippen LogP contribution < -0.4 is 16.0 Å². The summed E-state index contributed by atoms with van der Waals surface area (Å²) >= 11 is 6.13. The first-order chi connectivity index (χ1) is 12.5. The zero-order valence-corrected chi connectivity index (χ0v) is 16.0. The van der Waals surface area contributed by atoms with E-state index in [4.69, 9.17) is 17.3 Å². The van der Waals surface area contributed by atoms with E-state index in [0.29, 0.717) is 22.0 Å². The van der Waals surface area contributed by atoms with Gasteiger partial charge in [0.2, 0.25) is 0 Å². The lowest BCUT2D eigenvalue weighted by atomic mass is 10.1. The van der Waals surface area contributed by atoms with Crippen LogP contribution in [0.5, 0.6) is 0 Å². The number of carbonyl (C=O) groups is 1. The third-order valence-electron chi connectivity index (χ3n) is 4.89. The number of amides is 1. The number of benzene rings is 2. The number of nitrogen functional groups attached to an aromatic ring is 1. The number of rotatable bonds is 4. The quantitative estimate of drug-likeness (QED) is 0.804. The molecule has 0 aliphatic carbocycles. The molecule has 0 radical (unpaired) electrons. The Labute approximate surface area is 159 Å². The molecule has 0 saturated carbocycles. The Balaban J connectivity index is 1.82. The molecule has 1 saturated heterocycles. The molecule has 3 rings (SSSR count). The number of halogens is 1. The molecular formula is C20H25ClN4O. The van der Waals surface area contributed by atoms with Crippen molar-refractivity contribution in [3.8, 4) is 0 Å². The van der Waals surface area contributed by atoms with E-state index in [1.54, 1.807) is 24.3 Å². The van der Waals surface area contributed by atoms with Crippen LogP contribution in [0.2, 0.25) is 5.02 Å². The van der Waals surface area contributed by atoms with E-state index < -0.39 is 0 Å². The lowest BCUT2D eigenvalue weighted by Crippen LogP contribution is -2.46. The van der Waals surface area contributed by atoms with Crippen molar-refractivity contribution >= 4 is 34.6 Å². The van der Waals surface area contributed by atoms with Crippen LogP contribution in [0.1, 0.15) is 22.8 Å². The highest BCUT2D eigenvalue weighted by atomic mass is 35.5. The van der Waals surface area contributed by atoms with Gasteiger partial charge in [0.15, 0.2) is 0 Å². The topological polar surface area (TPSA) is 61.6 Å². The van der Waals surface area contributed by atoms with Gasteiger partial charge in [-0.25, -0.2) is 0 Å². The Morgan fingerprint density at radius 1 is 1.19 bits per heavy atom. The van der Waals surface area contributed by atoms with E-state index in [-0.39, 0.29) is 5.91 Å². The van der Waals surface area contributed by atoms with Crippen molar-refractivity contribution in [1.29, 1.82) is 0 Å². The second-order valence-corrected chi connectivity index (χ2v) is 6.99. The number of hydrogen-bond donors (Lipinski definition) is 2. The first-order valence-corrected chi connectivity index (χ1v) is 9.30. The lowest BCUT2D eigenvalue weighted by molar-refractivity contribution is 0.102. The number of hydrogen-bond acceptors (Lipinski definition) is 4. The SMILES string of the molecule is CCN1CCN(c2cc(NC(=O)c3ccccc3Cl)c(N)cc2C)CC1. The summed E-state index contributed by atoms with van der Waals surface area (Å²) in [4.78, 5) is 17.4. The summed E-state index contributed by atoms with van der Waals surface area (Å²) in [7, 11) is 0. The van der Waals surface area contributed by atoms with Gasteiger partial charge in [-0.3, -0.25) is 4.79 Å². The molecule has 1 aliphatic heterocycles. The molecule has 0 spiro atoms. The average Bonchev–Trinajstić information content (AvgIpc) is 2.64. The van der Waals surface area contributed by atoms with E-state index in [1.165, 1.54) is 0 Å². The van der Waals surface area contributed by atoms with Crippen molar-refractivity contribution in [1.82, 2.24) is 4.90 Å². The largest absolute Gasteiger partial charge is 0.397 e. The summed E-state index contributed by atoms with van der Waals surface area (Å²) in [6.45, 7) is 9.34. The van der Waals surface area contributed by atoms with Crippen molar-refractivity contribution in [2.45, 2.75) is 13.8 Å². The molecule has 1 aliphatic rings. The molecular weight excluding hydrogens is 348 g/mol. The second kappa shape index (κ2) is 7.98. The van der Waals surface area contributed by atoms with Crippen LogP contribution in [0.3, 0.4) is 0 Å². The van der Waals surface area contributed by atoms with Gasteiger partial charge in [0.25, 0.3) is 5.91 Å². The molecule has 5 nitrogen and oxygen atoms in total. The number of likely N-dealkylation sites (N-methyl/N-ethyl adjacent to an activating group) is 1. The number of aryl methyl sites for hydroxylation is 1. The van der Waals surface area contributed by atoms with Gasteiger partial charge in [-0.15, -0.1) is 0 Å². The van der Waals surface area contributed by atoms with Crippen LogP contribution >= 0.6 is 11.6 Å². The van der Waals surface area contributed by atoms with Crippen LogP contribution in [0.15, 0.2) is 36.4 Å². The van der Waals surface area contributed by atoms with Gasteiger partial charge in [-0.1, -0.05) is 30.7 Å². The summed E-state index contributed by atoms with van der Waals surface area (Å²) in [5.41, 5.74) is 9.99. The number of nitrogens with zero attached hydrogens (tertiary/aromatic N) is 2. The monoisotopic (exact) mass is 372 g/mol. The predicted molar refractivity (Wildman–Crippen MR) is 109 cm³/mol. The van der Waals surface area contributed by atoms with E-state index in [0.717, 1.165) is 44.0 Å². The van der Waals surface area contributed by atoms with Gasteiger partial charge >= 0.3 is 0 Å². The summed E-state index contributed by atoms with van der Waals surface area (Å²) in [6.07, 6.45) is 0. The zero-order chi connectivity index (χ0) is 18.7. The van der Waals surface area contributed by atoms with Crippen molar-refractivity contribution in [3.63, 3.8) is 0 Å². The molecule has 2 aromatic carbocycles. The van der Waals surface area contributed by atoms with Gasteiger partial charge in [0.05, 0.1) is 22.0 Å². The smallest absolute Gasteiger partial charge is 0.257 e. The van der Waals surface area contributed by atoms with Crippen LogP contribution in [-0.4, -0.2) is 43.5 Å². The highest BCUT2D eigenvalue weighted by Crippen LogP contribution is 2.31. The minimum Gasteiger partial charge on any atom is -0.397 e. The summed E-state index contributed by atoms with van der Waals surface area (Å²) < 4.78 is 0. The van der Waals surface area contributed by atoms with E-state index in [9.17, 15) is 4.79 Å². The number of nitrogens with one attached hydrogen (secondary N) is 1. The molecule has 0 atom stereocenters. The maximum absolute atomic E-state index is 12.6. The molecule has 1 heterocycles. The molecule has 0 aromatic heterocycles. The first-order valence-electron chi connectivity index (χ1n) is 8.93. The van der Waals surface area contributed by atoms with Gasteiger partial charge < -0.3 is 20.9 Å². The first kappa shape index (κ1) is 18.5. The maximum atomic E-state index is 12.6. The number of anilines is 3. The Bertz CT molecular complexity index is 800. The average molecular weight is 373 g/mol. The Morgan fingerprint density at radius 3 is 2.54 bits per heavy atom. The Morgan fingerprint density at radius 2 is 1.88 bits per heavy atom. The second-order valence-electron chi connectivity index (χ2n) is 6.58. The fourth-order valence-electron chi connectivity index (χ4n) is 3.31. The maximum Gasteiger partial charge on any atom is 0.257 e. The van der Waals surface area contributed by atoms with Gasteiger partial charge in [0.1, 0.15) is 0 Å². The van der Waals surface area contributed by atoms with Gasteiger partial charge in [-0.05, 0) is 43.3 Å². The standard InChI is InChI=1S/C20H25ClN4O/c1-3-24-8-10-25(11-9-24)19-13-18(17(22)12-14(19)2)23-20(26)15-6-4-5-7-16(15)21/h4-7,12-13H,3,8-11,22H2,1-2H3,(H,23,26). The molecule has 26 heavy (non-hydrogen) atoms. The van der Waals surface area contributed by atoms with E-state index >= 15 is 0 Å². The molecule has 3 N–H and O–H groups in total. The summed E-state index contributed by atoms with van der Waals surface area (Å²) in [5, 5.41) is 3.33. The molecule has 0 bridgehead atoms. The predicted octanol–water partition coefficient (Wildman–Crippen LogP) is 3.62. The van der Waals surface area contributed by atoms with Crippen molar-refractivity contribution < 1.29 is 4.79 Å². The molecule has 6 heteroatoms. The van der Waals surface area contributed by atoms with Crippen LogP contribution in [0.4, 0.5) is 17.1 Å². The van der Waals surface area contributed by atoms with Gasteiger partial charge in [0, 0.05) is 31.9 Å². The number of carbonyl (C=O) groups excluding carboxylic acids is 1. The molecule has 138 valence electrons. The fraction of sp³-hybridized carbons (Fsp3) is 0.350. The van der Waals surface area contributed by atoms with E-state index in [1.807, 2.05) is 12.1 Å².